The van der Waals surface area contributed by atoms with Gasteiger partial charge >= 0.3 is 12.1 Å². The Bertz CT molecular complexity index is 169. The lowest BCUT2D eigenvalue weighted by molar-refractivity contribution is -0.192. The van der Waals surface area contributed by atoms with Crippen LogP contribution in [0.5, 0.6) is 0 Å². The third kappa shape index (κ3) is 3.51. The number of carboxylic acids is 1. The van der Waals surface area contributed by atoms with Crippen LogP contribution in [-0.4, -0.2) is 28.4 Å². The van der Waals surface area contributed by atoms with E-state index in [1.165, 1.54) is 0 Å². The first-order valence-corrected chi connectivity index (χ1v) is 2.82. The van der Waals surface area contributed by atoms with Crippen LogP contribution in [0, 0.1) is 0 Å². The van der Waals surface area contributed by atoms with Gasteiger partial charge in [0.15, 0.2) is 0 Å². The molecule has 1 atom stereocenters. The summed E-state index contributed by atoms with van der Waals surface area (Å²) < 4.78 is 35.6. The summed E-state index contributed by atoms with van der Waals surface area (Å²) in [6.07, 6.45) is -5.90. The average molecular weight is 187 g/mol. The van der Waals surface area contributed by atoms with Crippen LogP contribution < -0.4 is 11.7 Å². The molecular weight excluding hydrogens is 179 g/mol. The highest BCUT2D eigenvalue weighted by Gasteiger charge is 2.43. The molecule has 0 aromatic carbocycles. The van der Waals surface area contributed by atoms with Crippen LogP contribution in [0.3, 0.4) is 0 Å². The molecule has 0 aromatic heterocycles. The highest BCUT2D eigenvalue weighted by molar-refractivity contribution is 5.67. The number of aliphatic carboxylic acids is 1. The molecule has 5 N–H and O–H groups in total. The van der Waals surface area contributed by atoms with Crippen molar-refractivity contribution in [1.82, 2.24) is 5.12 Å². The Morgan fingerprint density at radius 1 is 1.50 bits per heavy atom. The Morgan fingerprint density at radius 3 is 2.00 bits per heavy atom. The van der Waals surface area contributed by atoms with Gasteiger partial charge in [0.25, 0.3) is 0 Å². The fourth-order valence-electron chi connectivity index (χ4n) is 0.556. The first-order valence-electron chi connectivity index (χ1n) is 2.82. The predicted octanol–water partition coefficient (Wildman–Crippen LogP) is -0.559. The highest BCUT2D eigenvalue weighted by Crippen LogP contribution is 2.24. The van der Waals surface area contributed by atoms with Crippen molar-refractivity contribution < 1.29 is 23.1 Å². The zero-order valence-electron chi connectivity index (χ0n) is 5.88. The van der Waals surface area contributed by atoms with Crippen molar-refractivity contribution in [2.45, 2.75) is 18.6 Å². The van der Waals surface area contributed by atoms with Gasteiger partial charge in [-0.15, -0.1) is 0 Å². The van der Waals surface area contributed by atoms with Crippen molar-refractivity contribution in [2.24, 2.45) is 11.7 Å². The van der Waals surface area contributed by atoms with Crippen LogP contribution in [0.2, 0.25) is 0 Å². The molecule has 0 aliphatic carbocycles. The number of nitrogens with zero attached hydrogens (tertiary/aromatic N) is 1. The number of hydrogen-bond donors (Lipinski definition) is 3. The molecule has 0 fully saturated rings. The minimum atomic E-state index is -4.73. The van der Waals surface area contributed by atoms with Crippen molar-refractivity contribution in [1.29, 1.82) is 0 Å². The molecule has 0 rings (SSSR count). The van der Waals surface area contributed by atoms with Gasteiger partial charge in [-0.1, -0.05) is 0 Å². The molecular formula is C4H8F3N3O2. The first-order chi connectivity index (χ1) is 5.25. The fraction of sp³-hybridized carbons (Fsp3) is 0.750. The number of rotatable bonds is 3. The van der Waals surface area contributed by atoms with E-state index in [1.807, 2.05) is 0 Å². The van der Waals surface area contributed by atoms with Crippen molar-refractivity contribution in [2.75, 3.05) is 0 Å². The zero-order valence-corrected chi connectivity index (χ0v) is 5.88. The van der Waals surface area contributed by atoms with Crippen LogP contribution >= 0.6 is 0 Å². The quantitative estimate of drug-likeness (QED) is 0.407. The van der Waals surface area contributed by atoms with E-state index in [1.54, 1.807) is 0 Å². The van der Waals surface area contributed by atoms with E-state index < -0.39 is 24.6 Å². The van der Waals surface area contributed by atoms with Gasteiger partial charge in [0, 0.05) is 0 Å². The molecule has 0 aliphatic rings. The molecule has 12 heavy (non-hydrogen) atoms. The smallest absolute Gasteiger partial charge is 0.407 e. The maximum Gasteiger partial charge on any atom is 0.407 e. The molecule has 0 bridgehead atoms. The first kappa shape index (κ1) is 11.1. The lowest BCUT2D eigenvalue weighted by atomic mass is 10.2. The Kier molecular flexibility index (Phi) is 3.43. The number of carbonyl (C=O) groups is 1. The fourth-order valence-corrected chi connectivity index (χ4v) is 0.556. The molecule has 0 amide bonds. The monoisotopic (exact) mass is 187 g/mol. The second-order valence-corrected chi connectivity index (χ2v) is 2.10. The third-order valence-electron chi connectivity index (χ3n) is 1.11. The van der Waals surface area contributed by atoms with E-state index >= 15 is 0 Å². The van der Waals surface area contributed by atoms with Gasteiger partial charge in [-0.25, -0.2) is 0 Å². The summed E-state index contributed by atoms with van der Waals surface area (Å²) in [6.45, 7) is 0. The van der Waals surface area contributed by atoms with E-state index in [2.05, 4.69) is 11.7 Å². The van der Waals surface area contributed by atoms with E-state index in [-0.39, 0.29) is 5.12 Å². The van der Waals surface area contributed by atoms with E-state index in [0.29, 0.717) is 0 Å². The minimum absolute atomic E-state index is 0.159. The van der Waals surface area contributed by atoms with Gasteiger partial charge in [-0.2, -0.15) is 18.3 Å². The Morgan fingerprint density at radius 2 is 1.92 bits per heavy atom. The van der Waals surface area contributed by atoms with Crippen molar-refractivity contribution in [3.8, 4) is 0 Å². The molecule has 0 saturated carbocycles. The number of halogens is 3. The second-order valence-electron chi connectivity index (χ2n) is 2.10. The van der Waals surface area contributed by atoms with Gasteiger partial charge in [0.05, 0.1) is 6.42 Å². The Balaban J connectivity index is 4.35. The number of alkyl halides is 3. The standard InChI is InChI=1S/C4H8F3N3O2/c5-4(6,7)2(10(8)9)1-3(11)12/h2H,1,8-9H2,(H,11,12). The van der Waals surface area contributed by atoms with Crippen LogP contribution in [0.15, 0.2) is 0 Å². The Labute approximate surface area is 65.7 Å². The summed E-state index contributed by atoms with van der Waals surface area (Å²) in [5, 5.41) is 7.90. The van der Waals surface area contributed by atoms with Crippen molar-refractivity contribution >= 4 is 5.97 Å². The lowest BCUT2D eigenvalue weighted by Crippen LogP contribution is -2.54. The molecule has 0 spiro atoms. The van der Waals surface area contributed by atoms with Gasteiger partial charge in [-0.05, 0) is 0 Å². The molecule has 5 nitrogen and oxygen atoms in total. The summed E-state index contributed by atoms with van der Waals surface area (Å²) >= 11 is 0. The molecule has 0 radical (unpaired) electrons. The molecule has 0 saturated heterocycles. The van der Waals surface area contributed by atoms with E-state index in [4.69, 9.17) is 5.11 Å². The van der Waals surface area contributed by atoms with Crippen molar-refractivity contribution in [3.05, 3.63) is 0 Å². The summed E-state index contributed by atoms with van der Waals surface area (Å²) in [7, 11) is 0. The van der Waals surface area contributed by atoms with Crippen LogP contribution in [0.4, 0.5) is 13.2 Å². The van der Waals surface area contributed by atoms with Crippen LogP contribution in [-0.2, 0) is 4.79 Å². The summed E-state index contributed by atoms with van der Waals surface area (Å²) in [4.78, 5) is 9.92. The predicted molar refractivity (Wildman–Crippen MR) is 32.3 cm³/mol. The normalized spacial score (nSPS) is 14.8. The summed E-state index contributed by atoms with van der Waals surface area (Å²) in [5.41, 5.74) is 0. The molecule has 72 valence electrons. The second kappa shape index (κ2) is 3.70. The largest absolute Gasteiger partial charge is 0.481 e. The maximum atomic E-state index is 11.9. The molecule has 0 heterocycles. The lowest BCUT2D eigenvalue weighted by Gasteiger charge is -2.23. The average Bonchev–Trinajstić information content (AvgIpc) is 1.79. The number of nitrogens with two attached hydrogens (primary N) is 2. The van der Waals surface area contributed by atoms with E-state index in [0.717, 1.165) is 0 Å². The highest BCUT2D eigenvalue weighted by atomic mass is 19.4. The number of hydrogen-bond acceptors (Lipinski definition) is 4. The topological polar surface area (TPSA) is 92.6 Å². The van der Waals surface area contributed by atoms with Gasteiger partial charge < -0.3 is 5.11 Å². The summed E-state index contributed by atoms with van der Waals surface area (Å²) in [5.74, 6) is 7.58. The molecule has 0 aliphatic heterocycles. The molecule has 1 unspecified atom stereocenters. The molecule has 8 heteroatoms. The summed E-state index contributed by atoms with van der Waals surface area (Å²) in [6, 6.07) is -2.35. The van der Waals surface area contributed by atoms with Gasteiger partial charge in [0.2, 0.25) is 0 Å². The number of hydrazine groups is 2. The minimum Gasteiger partial charge on any atom is -0.481 e. The van der Waals surface area contributed by atoms with E-state index in [9.17, 15) is 18.0 Å². The van der Waals surface area contributed by atoms with Crippen molar-refractivity contribution in [3.63, 3.8) is 0 Å². The third-order valence-corrected chi connectivity index (χ3v) is 1.11. The zero-order chi connectivity index (χ0) is 9.94. The van der Waals surface area contributed by atoms with Crippen LogP contribution in [0.25, 0.3) is 0 Å². The maximum absolute atomic E-state index is 11.9. The van der Waals surface area contributed by atoms with Gasteiger partial charge in [-0.3, -0.25) is 16.5 Å². The van der Waals surface area contributed by atoms with Gasteiger partial charge in [0.1, 0.15) is 6.04 Å². The SMILES string of the molecule is NN(N)C(CC(=O)O)C(F)(F)F. The number of carboxylic acid groups (broad SMARTS) is 1. The molecule has 0 aromatic rings. The Hall–Kier alpha value is -0.860. The van der Waals surface area contributed by atoms with Crippen LogP contribution in [0.1, 0.15) is 6.42 Å².